The lowest BCUT2D eigenvalue weighted by Crippen LogP contribution is -2.50. The summed E-state index contributed by atoms with van der Waals surface area (Å²) in [7, 11) is 2.06. The Morgan fingerprint density at radius 2 is 1.96 bits per heavy atom. The van der Waals surface area contributed by atoms with E-state index in [1.807, 2.05) is 11.5 Å². The molecule has 146 valence electrons. The van der Waals surface area contributed by atoms with Crippen LogP contribution in [-0.2, 0) is 6.42 Å². The molecule has 0 unspecified atom stereocenters. The first-order chi connectivity index (χ1) is 12.3. The number of carboxylic acids is 1. The zero-order valence-electron chi connectivity index (χ0n) is 15.5. The second-order valence-corrected chi connectivity index (χ2v) is 7.49. The summed E-state index contributed by atoms with van der Waals surface area (Å²) in [6.45, 7) is 6.37. The normalized spacial score (nSPS) is 22.1. The quantitative estimate of drug-likeness (QED) is 0.846. The van der Waals surface area contributed by atoms with Crippen LogP contribution in [0.5, 0.6) is 0 Å². The summed E-state index contributed by atoms with van der Waals surface area (Å²) in [5, 5.41) is 9.47. The Morgan fingerprint density at radius 1 is 1.26 bits per heavy atom. The lowest BCUT2D eigenvalue weighted by molar-refractivity contribution is 0.0694. The Morgan fingerprint density at radius 3 is 2.59 bits per heavy atom. The van der Waals surface area contributed by atoms with E-state index in [2.05, 4.69) is 23.8 Å². The molecule has 6 nitrogen and oxygen atoms in total. The van der Waals surface area contributed by atoms with Crippen molar-refractivity contribution >= 4 is 35.0 Å². The van der Waals surface area contributed by atoms with Crippen molar-refractivity contribution in [2.24, 2.45) is 0 Å². The highest BCUT2D eigenvalue weighted by molar-refractivity contribution is 5.96. The molecule has 1 saturated heterocycles. The monoisotopic (exact) mass is 395 g/mol. The highest BCUT2D eigenvalue weighted by Crippen LogP contribution is 2.40. The standard InChI is InChI=1S/C19H22FN3O3.ClH/c1-10-6-12-16-13(18(24)14(19(25)26)9-23(10)16)7-15(20)17(12)22-5-4-21(3)11(2)8-22;/h7,9-11H,4-6,8H2,1-3H3,(H,25,26);1H/t10-,11-;/m0./s1. The smallest absolute Gasteiger partial charge is 0.341 e. The lowest BCUT2D eigenvalue weighted by Gasteiger charge is -2.39. The zero-order chi connectivity index (χ0) is 18.7. The molecule has 0 bridgehead atoms. The molecular formula is C19H23ClFN3O3. The largest absolute Gasteiger partial charge is 0.477 e. The predicted octanol–water partition coefficient (Wildman–Crippen LogP) is 2.52. The third kappa shape index (κ3) is 2.89. The van der Waals surface area contributed by atoms with E-state index >= 15 is 4.39 Å². The Balaban J connectivity index is 0.00000210. The number of pyridine rings is 1. The van der Waals surface area contributed by atoms with Gasteiger partial charge in [0.1, 0.15) is 11.4 Å². The summed E-state index contributed by atoms with van der Waals surface area (Å²) < 4.78 is 16.9. The lowest BCUT2D eigenvalue weighted by atomic mass is 10.0. The Labute approximate surface area is 162 Å². The number of piperazine rings is 1. The summed E-state index contributed by atoms with van der Waals surface area (Å²) in [6.07, 6.45) is 2.00. The fourth-order valence-electron chi connectivity index (χ4n) is 4.24. The molecule has 27 heavy (non-hydrogen) atoms. The second kappa shape index (κ2) is 6.80. The highest BCUT2D eigenvalue weighted by Gasteiger charge is 2.32. The molecule has 0 radical (unpaired) electrons. The molecule has 8 heteroatoms. The molecule has 1 aromatic heterocycles. The van der Waals surface area contributed by atoms with Crippen molar-refractivity contribution in [1.82, 2.24) is 9.47 Å². The van der Waals surface area contributed by atoms with Crippen molar-refractivity contribution in [2.75, 3.05) is 31.6 Å². The number of anilines is 1. The van der Waals surface area contributed by atoms with Gasteiger partial charge in [-0.2, -0.15) is 0 Å². The molecule has 4 rings (SSSR count). The van der Waals surface area contributed by atoms with Gasteiger partial charge in [0.05, 0.1) is 11.2 Å². The van der Waals surface area contributed by atoms with Gasteiger partial charge in [0, 0.05) is 48.9 Å². The number of benzene rings is 1. The topological polar surface area (TPSA) is 65.8 Å². The SMILES string of the molecule is C[C@H]1CN(c2c(F)cc3c(=O)c(C(=O)O)cn4c3c2C[C@@H]4C)CCN1C.Cl. The van der Waals surface area contributed by atoms with Crippen molar-refractivity contribution in [3.05, 3.63) is 39.4 Å². The molecule has 0 saturated carbocycles. The Hall–Kier alpha value is -2.12. The zero-order valence-corrected chi connectivity index (χ0v) is 16.3. The van der Waals surface area contributed by atoms with Crippen LogP contribution in [0, 0.1) is 5.82 Å². The highest BCUT2D eigenvalue weighted by atomic mass is 35.5. The van der Waals surface area contributed by atoms with Crippen molar-refractivity contribution in [2.45, 2.75) is 32.4 Å². The number of carbonyl (C=O) groups is 1. The summed E-state index contributed by atoms with van der Waals surface area (Å²) >= 11 is 0. The van der Waals surface area contributed by atoms with E-state index in [9.17, 15) is 14.7 Å². The van der Waals surface area contributed by atoms with Crippen LogP contribution in [0.4, 0.5) is 10.1 Å². The number of likely N-dealkylation sites (N-methyl/N-ethyl adjacent to an activating group) is 1. The molecule has 2 atom stereocenters. The molecule has 0 spiro atoms. The maximum absolute atomic E-state index is 15.1. The van der Waals surface area contributed by atoms with E-state index in [0.717, 1.165) is 25.2 Å². The molecule has 0 amide bonds. The summed E-state index contributed by atoms with van der Waals surface area (Å²) in [5.74, 6) is -1.72. The van der Waals surface area contributed by atoms with Gasteiger partial charge in [0.15, 0.2) is 0 Å². The predicted molar refractivity (Wildman–Crippen MR) is 105 cm³/mol. The number of hydrogen-bond donors (Lipinski definition) is 1. The van der Waals surface area contributed by atoms with Crippen LogP contribution in [0.15, 0.2) is 17.1 Å². The first-order valence-electron chi connectivity index (χ1n) is 8.88. The first-order valence-corrected chi connectivity index (χ1v) is 8.88. The van der Waals surface area contributed by atoms with Gasteiger partial charge in [0.2, 0.25) is 5.43 Å². The van der Waals surface area contributed by atoms with Crippen LogP contribution in [0.1, 0.15) is 35.8 Å². The van der Waals surface area contributed by atoms with Gasteiger partial charge in [-0.05, 0) is 33.4 Å². The number of hydrogen-bond acceptors (Lipinski definition) is 4. The van der Waals surface area contributed by atoms with Gasteiger partial charge in [-0.25, -0.2) is 9.18 Å². The Bertz CT molecular complexity index is 991. The van der Waals surface area contributed by atoms with E-state index < -0.39 is 17.2 Å². The van der Waals surface area contributed by atoms with Gasteiger partial charge in [-0.1, -0.05) is 0 Å². The van der Waals surface area contributed by atoms with Gasteiger partial charge in [-0.15, -0.1) is 12.4 Å². The van der Waals surface area contributed by atoms with E-state index in [1.54, 1.807) is 0 Å². The van der Waals surface area contributed by atoms with Gasteiger partial charge in [0.25, 0.3) is 0 Å². The van der Waals surface area contributed by atoms with E-state index in [4.69, 9.17) is 0 Å². The summed E-state index contributed by atoms with van der Waals surface area (Å²) in [6, 6.07) is 1.51. The average Bonchev–Trinajstić information content (AvgIpc) is 2.90. The van der Waals surface area contributed by atoms with Crippen LogP contribution in [0.25, 0.3) is 10.9 Å². The van der Waals surface area contributed by atoms with Crippen molar-refractivity contribution < 1.29 is 14.3 Å². The molecular weight excluding hydrogens is 373 g/mol. The average molecular weight is 396 g/mol. The third-order valence-electron chi connectivity index (χ3n) is 5.82. The summed E-state index contributed by atoms with van der Waals surface area (Å²) in [5.41, 5.74) is 1.14. The second-order valence-electron chi connectivity index (χ2n) is 7.49. The maximum atomic E-state index is 15.1. The minimum atomic E-state index is -1.28. The molecule has 2 aliphatic rings. The summed E-state index contributed by atoms with van der Waals surface area (Å²) in [4.78, 5) is 28.3. The number of carboxylic acid groups (broad SMARTS) is 1. The van der Waals surface area contributed by atoms with Gasteiger partial charge < -0.3 is 19.5 Å². The molecule has 2 aliphatic heterocycles. The third-order valence-corrected chi connectivity index (χ3v) is 5.82. The molecule has 1 fully saturated rings. The number of aromatic carboxylic acids is 1. The van der Waals surface area contributed by atoms with Crippen LogP contribution >= 0.6 is 12.4 Å². The first kappa shape index (κ1) is 19.6. The minimum absolute atomic E-state index is 0. The van der Waals surface area contributed by atoms with Crippen LogP contribution in [0.3, 0.4) is 0 Å². The molecule has 1 N–H and O–H groups in total. The van der Waals surface area contributed by atoms with Crippen LogP contribution in [-0.4, -0.2) is 53.3 Å². The number of halogens is 2. The van der Waals surface area contributed by atoms with Crippen LogP contribution < -0.4 is 10.3 Å². The van der Waals surface area contributed by atoms with Crippen molar-refractivity contribution in [3.63, 3.8) is 0 Å². The Kier molecular flexibility index (Phi) is 4.94. The molecule has 2 aromatic rings. The number of aromatic nitrogens is 1. The van der Waals surface area contributed by atoms with E-state index in [-0.39, 0.29) is 29.4 Å². The molecule has 0 aliphatic carbocycles. The van der Waals surface area contributed by atoms with Crippen LogP contribution in [0.2, 0.25) is 0 Å². The fourth-order valence-corrected chi connectivity index (χ4v) is 4.24. The molecule has 1 aromatic carbocycles. The number of nitrogens with zero attached hydrogens (tertiary/aromatic N) is 3. The van der Waals surface area contributed by atoms with E-state index in [0.29, 0.717) is 23.7 Å². The minimum Gasteiger partial charge on any atom is -0.477 e. The number of rotatable bonds is 2. The van der Waals surface area contributed by atoms with Gasteiger partial charge in [-0.3, -0.25) is 4.79 Å². The molecule has 3 heterocycles. The van der Waals surface area contributed by atoms with E-state index in [1.165, 1.54) is 12.3 Å². The van der Waals surface area contributed by atoms with Crippen molar-refractivity contribution in [1.29, 1.82) is 0 Å². The fraction of sp³-hybridized carbons (Fsp3) is 0.474. The maximum Gasteiger partial charge on any atom is 0.341 e. The van der Waals surface area contributed by atoms with Crippen molar-refractivity contribution in [3.8, 4) is 0 Å². The van der Waals surface area contributed by atoms with Gasteiger partial charge >= 0.3 is 5.97 Å².